The van der Waals surface area contributed by atoms with E-state index >= 15 is 0 Å². The smallest absolute Gasteiger partial charge is 0.258 e. The minimum atomic E-state index is -0.0147. The summed E-state index contributed by atoms with van der Waals surface area (Å²) in [6.07, 6.45) is 0.897. The third kappa shape index (κ3) is 3.20. The molecule has 1 aliphatic heterocycles. The molecule has 5 heteroatoms. The third-order valence-corrected chi connectivity index (χ3v) is 4.68. The molecule has 1 heterocycles. The van der Waals surface area contributed by atoms with Crippen LogP contribution in [0.2, 0.25) is 0 Å². The number of carbonyl (C=O) groups excluding carboxylic acids is 1. The van der Waals surface area contributed by atoms with Gasteiger partial charge in [0.05, 0.1) is 23.0 Å². The van der Waals surface area contributed by atoms with E-state index in [-0.39, 0.29) is 5.91 Å². The minimum absolute atomic E-state index is 0.0147. The maximum absolute atomic E-state index is 13.0. The number of anilines is 2. The van der Waals surface area contributed by atoms with Crippen molar-refractivity contribution < 1.29 is 9.53 Å². The van der Waals surface area contributed by atoms with E-state index in [1.165, 1.54) is 0 Å². The van der Waals surface area contributed by atoms with Crippen LogP contribution >= 0.6 is 15.9 Å². The summed E-state index contributed by atoms with van der Waals surface area (Å²) in [6, 6.07) is 13.7. The highest BCUT2D eigenvalue weighted by Crippen LogP contribution is 2.32. The number of nitrogens with zero attached hydrogens (tertiary/aromatic N) is 1. The molecular formula is C18H19BrN2O2. The van der Waals surface area contributed by atoms with Gasteiger partial charge in [0.25, 0.3) is 5.91 Å². The van der Waals surface area contributed by atoms with E-state index < -0.39 is 0 Å². The van der Waals surface area contributed by atoms with E-state index in [1.54, 1.807) is 13.2 Å². The van der Waals surface area contributed by atoms with Gasteiger partial charge in [-0.15, -0.1) is 0 Å². The van der Waals surface area contributed by atoms with Gasteiger partial charge in [-0.25, -0.2) is 0 Å². The molecular weight excluding hydrogens is 356 g/mol. The standard InChI is InChI=1S/C18H19BrN2O2/c1-12-9-10-21(16-6-4-3-5-15(16)20-12)18(22)13-7-8-14(19)17(11-13)23-2/h3-8,11-12,20H,9-10H2,1-2H3. The lowest BCUT2D eigenvalue weighted by Crippen LogP contribution is -2.32. The van der Waals surface area contributed by atoms with Crippen molar-refractivity contribution in [1.29, 1.82) is 0 Å². The number of methoxy groups -OCH3 is 1. The van der Waals surface area contributed by atoms with Crippen LogP contribution in [0.25, 0.3) is 0 Å². The first kappa shape index (κ1) is 15.9. The predicted molar refractivity (Wildman–Crippen MR) is 96.5 cm³/mol. The summed E-state index contributed by atoms with van der Waals surface area (Å²) in [4.78, 5) is 14.9. The van der Waals surface area contributed by atoms with Crippen molar-refractivity contribution in [3.63, 3.8) is 0 Å². The molecule has 1 amide bonds. The fourth-order valence-electron chi connectivity index (χ4n) is 2.77. The van der Waals surface area contributed by atoms with Crippen LogP contribution < -0.4 is 15.0 Å². The van der Waals surface area contributed by atoms with Crippen LogP contribution in [0.15, 0.2) is 46.9 Å². The summed E-state index contributed by atoms with van der Waals surface area (Å²) in [7, 11) is 1.60. The van der Waals surface area contributed by atoms with Crippen molar-refractivity contribution >= 4 is 33.2 Å². The van der Waals surface area contributed by atoms with Gasteiger partial charge in [-0.1, -0.05) is 12.1 Å². The van der Waals surface area contributed by atoms with E-state index in [1.807, 2.05) is 41.3 Å². The molecule has 0 aromatic heterocycles. The zero-order valence-corrected chi connectivity index (χ0v) is 14.8. The van der Waals surface area contributed by atoms with Gasteiger partial charge in [0.1, 0.15) is 5.75 Å². The Balaban J connectivity index is 1.99. The molecule has 1 aliphatic rings. The maximum atomic E-state index is 13.0. The molecule has 0 fully saturated rings. The van der Waals surface area contributed by atoms with Gasteiger partial charge < -0.3 is 15.0 Å². The number of halogens is 1. The monoisotopic (exact) mass is 374 g/mol. The van der Waals surface area contributed by atoms with E-state index in [4.69, 9.17) is 4.74 Å². The van der Waals surface area contributed by atoms with Gasteiger partial charge in [0.15, 0.2) is 0 Å². The number of amides is 1. The average Bonchev–Trinajstić information content (AvgIpc) is 2.73. The predicted octanol–water partition coefficient (Wildman–Crippen LogP) is 4.31. The second-order valence-electron chi connectivity index (χ2n) is 5.66. The molecule has 1 atom stereocenters. The SMILES string of the molecule is COc1cc(C(=O)N2CCC(C)Nc3ccccc32)ccc1Br. The number of ether oxygens (including phenoxy) is 1. The Labute approximate surface area is 144 Å². The Morgan fingerprint density at radius 3 is 2.87 bits per heavy atom. The third-order valence-electron chi connectivity index (χ3n) is 4.03. The molecule has 0 saturated heterocycles. The first-order chi connectivity index (χ1) is 11.1. The van der Waals surface area contributed by atoms with Crippen LogP contribution in [-0.2, 0) is 0 Å². The van der Waals surface area contributed by atoms with Gasteiger partial charge >= 0.3 is 0 Å². The number of para-hydroxylation sites is 2. The molecule has 120 valence electrons. The number of rotatable bonds is 2. The lowest BCUT2D eigenvalue weighted by Gasteiger charge is -2.22. The second kappa shape index (κ2) is 6.62. The highest BCUT2D eigenvalue weighted by molar-refractivity contribution is 9.10. The number of carbonyl (C=O) groups is 1. The largest absolute Gasteiger partial charge is 0.496 e. The van der Waals surface area contributed by atoms with Gasteiger partial charge in [0.2, 0.25) is 0 Å². The van der Waals surface area contributed by atoms with Crippen LogP contribution in [0.3, 0.4) is 0 Å². The number of nitrogens with one attached hydrogen (secondary N) is 1. The van der Waals surface area contributed by atoms with Crippen molar-refractivity contribution in [2.24, 2.45) is 0 Å². The molecule has 0 spiro atoms. The van der Waals surface area contributed by atoms with Crippen LogP contribution in [-0.4, -0.2) is 25.6 Å². The Kier molecular flexibility index (Phi) is 4.57. The molecule has 0 saturated carbocycles. The molecule has 0 bridgehead atoms. The Hall–Kier alpha value is -2.01. The molecule has 4 nitrogen and oxygen atoms in total. The fourth-order valence-corrected chi connectivity index (χ4v) is 3.18. The summed E-state index contributed by atoms with van der Waals surface area (Å²) in [6.45, 7) is 2.82. The Morgan fingerprint density at radius 2 is 2.09 bits per heavy atom. The van der Waals surface area contributed by atoms with Gasteiger partial charge in [-0.3, -0.25) is 4.79 Å². The van der Waals surface area contributed by atoms with Crippen molar-refractivity contribution in [3.05, 3.63) is 52.5 Å². The van der Waals surface area contributed by atoms with Crippen molar-refractivity contribution in [3.8, 4) is 5.75 Å². The van der Waals surface area contributed by atoms with E-state index in [0.29, 0.717) is 23.9 Å². The summed E-state index contributed by atoms with van der Waals surface area (Å²) in [5.74, 6) is 0.643. The molecule has 23 heavy (non-hydrogen) atoms. The highest BCUT2D eigenvalue weighted by atomic mass is 79.9. The number of hydrogen-bond acceptors (Lipinski definition) is 3. The van der Waals surface area contributed by atoms with Crippen molar-refractivity contribution in [1.82, 2.24) is 0 Å². The zero-order valence-electron chi connectivity index (χ0n) is 13.2. The number of benzene rings is 2. The van der Waals surface area contributed by atoms with Gasteiger partial charge in [0, 0.05) is 18.2 Å². The first-order valence-electron chi connectivity index (χ1n) is 7.61. The van der Waals surface area contributed by atoms with Crippen LogP contribution in [0.1, 0.15) is 23.7 Å². The summed E-state index contributed by atoms with van der Waals surface area (Å²) >= 11 is 3.42. The first-order valence-corrected chi connectivity index (χ1v) is 8.40. The molecule has 2 aromatic rings. The highest BCUT2D eigenvalue weighted by Gasteiger charge is 2.24. The van der Waals surface area contributed by atoms with Crippen molar-refractivity contribution in [2.45, 2.75) is 19.4 Å². The lowest BCUT2D eigenvalue weighted by molar-refractivity contribution is 0.0986. The van der Waals surface area contributed by atoms with Crippen LogP contribution in [0, 0.1) is 0 Å². The molecule has 3 rings (SSSR count). The lowest BCUT2D eigenvalue weighted by atomic mass is 10.1. The molecule has 1 unspecified atom stereocenters. The Bertz CT molecular complexity index is 733. The number of fused-ring (bicyclic) bond motifs is 1. The molecule has 0 aliphatic carbocycles. The molecule has 0 radical (unpaired) electrons. The second-order valence-corrected chi connectivity index (χ2v) is 6.51. The summed E-state index contributed by atoms with van der Waals surface area (Å²) < 4.78 is 6.14. The van der Waals surface area contributed by atoms with Crippen LogP contribution in [0.4, 0.5) is 11.4 Å². The zero-order chi connectivity index (χ0) is 16.4. The average molecular weight is 375 g/mol. The molecule has 2 aromatic carbocycles. The van der Waals surface area contributed by atoms with E-state index in [0.717, 1.165) is 22.3 Å². The minimum Gasteiger partial charge on any atom is -0.496 e. The van der Waals surface area contributed by atoms with Gasteiger partial charge in [-0.2, -0.15) is 0 Å². The topological polar surface area (TPSA) is 41.6 Å². The normalized spacial score (nSPS) is 17.0. The van der Waals surface area contributed by atoms with E-state index in [2.05, 4.69) is 28.2 Å². The summed E-state index contributed by atoms with van der Waals surface area (Å²) in [5.41, 5.74) is 2.54. The van der Waals surface area contributed by atoms with Gasteiger partial charge in [-0.05, 0) is 59.6 Å². The van der Waals surface area contributed by atoms with Crippen molar-refractivity contribution in [2.75, 3.05) is 23.9 Å². The van der Waals surface area contributed by atoms with E-state index in [9.17, 15) is 4.79 Å². The Morgan fingerprint density at radius 1 is 1.30 bits per heavy atom. The fraction of sp³-hybridized carbons (Fsp3) is 0.278. The van der Waals surface area contributed by atoms with Crippen LogP contribution in [0.5, 0.6) is 5.75 Å². The maximum Gasteiger partial charge on any atom is 0.258 e. The number of hydrogen-bond donors (Lipinski definition) is 1. The quantitative estimate of drug-likeness (QED) is 0.851. The molecule has 1 N–H and O–H groups in total. The summed E-state index contributed by atoms with van der Waals surface area (Å²) in [5, 5.41) is 3.46.